The van der Waals surface area contributed by atoms with E-state index in [1.807, 2.05) is 0 Å². The lowest BCUT2D eigenvalue weighted by molar-refractivity contribution is -0.135. The van der Waals surface area contributed by atoms with Gasteiger partial charge in [0, 0.05) is 44.8 Å². The topological polar surface area (TPSA) is 58.8 Å². The third-order valence-corrected chi connectivity index (χ3v) is 6.28. The van der Waals surface area contributed by atoms with Gasteiger partial charge in [0.15, 0.2) is 0 Å². The summed E-state index contributed by atoms with van der Waals surface area (Å²) < 4.78 is 5.45. The number of amides is 1. The number of carbonyl (C=O) groups is 1. The van der Waals surface area contributed by atoms with E-state index >= 15 is 0 Å². The van der Waals surface area contributed by atoms with Gasteiger partial charge in [-0.2, -0.15) is 0 Å². The first-order chi connectivity index (χ1) is 12.3. The van der Waals surface area contributed by atoms with Crippen molar-refractivity contribution >= 4 is 5.91 Å². The molecule has 3 aliphatic rings. The van der Waals surface area contributed by atoms with E-state index in [-0.39, 0.29) is 6.04 Å². The lowest BCUT2D eigenvalue weighted by Crippen LogP contribution is -2.46. The molecule has 3 atom stereocenters. The lowest BCUT2D eigenvalue weighted by atomic mass is 9.89. The van der Waals surface area contributed by atoms with Crippen LogP contribution in [0, 0.1) is 5.92 Å². The van der Waals surface area contributed by atoms with Gasteiger partial charge in [0.25, 0.3) is 0 Å². The van der Waals surface area contributed by atoms with Crippen molar-refractivity contribution in [1.29, 1.82) is 0 Å². The minimum Gasteiger partial charge on any atom is -0.381 e. The quantitative estimate of drug-likeness (QED) is 0.899. The molecular weight excluding hydrogens is 314 g/mol. The maximum atomic E-state index is 13.0. The Morgan fingerprint density at radius 3 is 2.56 bits per heavy atom. The second-order valence-corrected chi connectivity index (χ2v) is 7.65. The van der Waals surface area contributed by atoms with Gasteiger partial charge in [-0.15, -0.1) is 0 Å². The van der Waals surface area contributed by atoms with Gasteiger partial charge in [0.1, 0.15) is 0 Å². The average Bonchev–Trinajstić information content (AvgIpc) is 3.26. The van der Waals surface area contributed by atoms with Crippen molar-refractivity contribution in [2.75, 3.05) is 39.4 Å². The van der Waals surface area contributed by atoms with Gasteiger partial charge in [0.2, 0.25) is 5.91 Å². The second-order valence-electron chi connectivity index (χ2n) is 7.65. The van der Waals surface area contributed by atoms with E-state index in [0.717, 1.165) is 52.1 Å². The van der Waals surface area contributed by atoms with Crippen LogP contribution in [0.2, 0.25) is 0 Å². The summed E-state index contributed by atoms with van der Waals surface area (Å²) in [5, 5.41) is 0. The monoisotopic (exact) mass is 343 g/mol. The van der Waals surface area contributed by atoms with Crippen LogP contribution in [0.3, 0.4) is 0 Å². The molecule has 0 bridgehead atoms. The van der Waals surface area contributed by atoms with Crippen molar-refractivity contribution in [1.82, 2.24) is 9.80 Å². The summed E-state index contributed by atoms with van der Waals surface area (Å²) >= 11 is 0. The number of benzene rings is 1. The molecule has 136 valence electrons. The van der Waals surface area contributed by atoms with Crippen LogP contribution in [0.4, 0.5) is 0 Å². The molecule has 25 heavy (non-hydrogen) atoms. The predicted octanol–water partition coefficient (Wildman–Crippen LogP) is 1.44. The molecule has 1 aromatic rings. The number of likely N-dealkylation sites (tertiary alicyclic amines) is 2. The second kappa shape index (κ2) is 7.44. The molecule has 0 aromatic heterocycles. The largest absolute Gasteiger partial charge is 0.381 e. The molecule has 0 saturated carbocycles. The zero-order chi connectivity index (χ0) is 17.2. The van der Waals surface area contributed by atoms with E-state index < -0.39 is 0 Å². The summed E-state index contributed by atoms with van der Waals surface area (Å²) in [6, 6.07) is 11.1. The summed E-state index contributed by atoms with van der Waals surface area (Å²) in [6.45, 7) is 5.04. The summed E-state index contributed by atoms with van der Waals surface area (Å²) in [6.07, 6.45) is 2.92. The summed E-state index contributed by atoms with van der Waals surface area (Å²) in [7, 11) is 0. The number of nitrogens with two attached hydrogens (primary N) is 1. The lowest BCUT2D eigenvalue weighted by Gasteiger charge is -2.32. The summed E-state index contributed by atoms with van der Waals surface area (Å²) in [5.41, 5.74) is 7.42. The Morgan fingerprint density at radius 1 is 1.08 bits per heavy atom. The van der Waals surface area contributed by atoms with Crippen LogP contribution in [0.5, 0.6) is 0 Å². The number of ether oxygens (including phenoxy) is 1. The molecule has 4 rings (SSSR count). The molecule has 1 aromatic carbocycles. The van der Waals surface area contributed by atoms with Crippen LogP contribution in [-0.2, 0) is 9.53 Å². The Hall–Kier alpha value is -1.43. The highest BCUT2D eigenvalue weighted by atomic mass is 16.5. The first kappa shape index (κ1) is 17.0. The molecule has 0 radical (unpaired) electrons. The Morgan fingerprint density at radius 2 is 1.84 bits per heavy atom. The van der Waals surface area contributed by atoms with Crippen LogP contribution < -0.4 is 5.73 Å². The Kier molecular flexibility index (Phi) is 5.06. The number of rotatable bonds is 4. The van der Waals surface area contributed by atoms with Gasteiger partial charge in [-0.1, -0.05) is 30.3 Å². The fourth-order valence-corrected chi connectivity index (χ4v) is 4.86. The van der Waals surface area contributed by atoms with Gasteiger partial charge in [0.05, 0.1) is 6.04 Å². The van der Waals surface area contributed by atoms with Crippen molar-refractivity contribution in [2.45, 2.75) is 37.3 Å². The molecule has 3 saturated heterocycles. The summed E-state index contributed by atoms with van der Waals surface area (Å²) in [5.74, 6) is 1.21. The zero-order valence-electron chi connectivity index (χ0n) is 14.8. The van der Waals surface area contributed by atoms with E-state index in [1.54, 1.807) is 0 Å². The predicted molar refractivity (Wildman–Crippen MR) is 97.3 cm³/mol. The normalized spacial score (nSPS) is 31.8. The molecule has 1 unspecified atom stereocenters. The Labute approximate surface area is 150 Å². The molecule has 1 amide bonds. The molecule has 0 aliphatic carbocycles. The van der Waals surface area contributed by atoms with Crippen LogP contribution >= 0.6 is 0 Å². The number of carbonyl (C=O) groups excluding carboxylic acids is 1. The highest BCUT2D eigenvalue weighted by molar-refractivity contribution is 5.84. The standard InChI is InChI=1S/C20H29N3O2/c21-12-16-13-22(14-18(16)15-4-2-1-3-5-15)19-6-9-23(20(19)24)17-7-10-25-11-8-17/h1-5,16-19H,6-14,21H2/t16-,18+,19?/m1/s1. The molecule has 2 N–H and O–H groups in total. The van der Waals surface area contributed by atoms with Gasteiger partial charge < -0.3 is 15.4 Å². The first-order valence-corrected chi connectivity index (χ1v) is 9.65. The van der Waals surface area contributed by atoms with Gasteiger partial charge in [-0.25, -0.2) is 0 Å². The highest BCUT2D eigenvalue weighted by Gasteiger charge is 2.44. The molecule has 3 heterocycles. The van der Waals surface area contributed by atoms with E-state index in [9.17, 15) is 4.79 Å². The number of hydrogen-bond donors (Lipinski definition) is 1. The molecule has 5 nitrogen and oxygen atoms in total. The fourth-order valence-electron chi connectivity index (χ4n) is 4.86. The minimum atomic E-state index is 0.0469. The maximum Gasteiger partial charge on any atom is 0.240 e. The van der Waals surface area contributed by atoms with Crippen LogP contribution in [0.25, 0.3) is 0 Å². The van der Waals surface area contributed by atoms with Crippen LogP contribution in [-0.4, -0.2) is 67.2 Å². The van der Waals surface area contributed by atoms with E-state index in [1.165, 1.54) is 5.56 Å². The van der Waals surface area contributed by atoms with Crippen LogP contribution in [0.1, 0.15) is 30.7 Å². The molecule has 3 fully saturated rings. The first-order valence-electron chi connectivity index (χ1n) is 9.65. The van der Waals surface area contributed by atoms with Gasteiger partial charge in [-0.05, 0) is 37.3 Å². The molecule has 0 spiro atoms. The van der Waals surface area contributed by atoms with Crippen molar-refractivity contribution < 1.29 is 9.53 Å². The van der Waals surface area contributed by atoms with E-state index in [0.29, 0.717) is 30.3 Å². The van der Waals surface area contributed by atoms with Crippen LogP contribution in [0.15, 0.2) is 30.3 Å². The van der Waals surface area contributed by atoms with Crippen molar-refractivity contribution in [3.8, 4) is 0 Å². The third kappa shape index (κ3) is 3.33. The van der Waals surface area contributed by atoms with E-state index in [2.05, 4.69) is 40.1 Å². The number of nitrogens with zero attached hydrogens (tertiary/aromatic N) is 2. The third-order valence-electron chi connectivity index (χ3n) is 6.28. The smallest absolute Gasteiger partial charge is 0.240 e. The van der Waals surface area contributed by atoms with E-state index in [4.69, 9.17) is 10.5 Å². The highest BCUT2D eigenvalue weighted by Crippen LogP contribution is 2.35. The van der Waals surface area contributed by atoms with Gasteiger partial charge in [-0.3, -0.25) is 9.69 Å². The van der Waals surface area contributed by atoms with Crippen molar-refractivity contribution in [3.05, 3.63) is 35.9 Å². The number of hydrogen-bond acceptors (Lipinski definition) is 4. The van der Waals surface area contributed by atoms with Crippen molar-refractivity contribution in [3.63, 3.8) is 0 Å². The molecular formula is C20H29N3O2. The summed E-state index contributed by atoms with van der Waals surface area (Å²) in [4.78, 5) is 17.6. The zero-order valence-corrected chi connectivity index (χ0v) is 14.8. The molecule has 3 aliphatic heterocycles. The maximum absolute atomic E-state index is 13.0. The average molecular weight is 343 g/mol. The SMILES string of the molecule is NC[C@@H]1CN(C2CCN(C3CCOCC3)C2=O)C[C@H]1c1ccccc1. The molecule has 5 heteroatoms. The van der Waals surface area contributed by atoms with Gasteiger partial charge >= 0.3 is 0 Å². The Balaban J connectivity index is 1.44. The fraction of sp³-hybridized carbons (Fsp3) is 0.650. The Bertz CT molecular complexity index is 588. The minimum absolute atomic E-state index is 0.0469. The van der Waals surface area contributed by atoms with Crippen molar-refractivity contribution in [2.24, 2.45) is 11.7 Å².